The molecule has 0 bridgehead atoms. The predicted octanol–water partition coefficient (Wildman–Crippen LogP) is 3.04. The molecule has 2 aromatic rings. The first-order valence-electron chi connectivity index (χ1n) is 5.31. The molecule has 0 unspecified atom stereocenters. The maximum Gasteiger partial charge on any atom is 0.224 e. The minimum atomic E-state index is -0.592. The summed E-state index contributed by atoms with van der Waals surface area (Å²) >= 11 is 3.27. The number of hydrogen-bond donors (Lipinski definition) is 2. The van der Waals surface area contributed by atoms with E-state index in [-0.39, 0.29) is 5.82 Å². The third-order valence-electron chi connectivity index (χ3n) is 2.32. The summed E-state index contributed by atoms with van der Waals surface area (Å²) in [6, 6.07) is 7.09. The number of anilines is 3. The summed E-state index contributed by atoms with van der Waals surface area (Å²) in [5, 5.41) is 14.5. The Morgan fingerprint density at radius 3 is 2.89 bits per heavy atom. The molecule has 0 saturated heterocycles. The molecule has 2 rings (SSSR count). The average molecular weight is 322 g/mol. The van der Waals surface area contributed by atoms with Crippen LogP contribution in [-0.4, -0.2) is 17.0 Å². The largest absolute Gasteiger partial charge is 0.357 e. The number of halogens is 2. The summed E-state index contributed by atoms with van der Waals surface area (Å²) < 4.78 is 14.4. The molecular weight excluding hydrogens is 313 g/mol. The Kier molecular flexibility index (Phi) is 3.92. The molecule has 96 valence electrons. The highest BCUT2D eigenvalue weighted by molar-refractivity contribution is 9.10. The van der Waals surface area contributed by atoms with E-state index in [0.717, 1.165) is 10.7 Å². The van der Waals surface area contributed by atoms with E-state index in [0.29, 0.717) is 17.2 Å². The van der Waals surface area contributed by atoms with Gasteiger partial charge in [-0.15, -0.1) is 0 Å². The quantitative estimate of drug-likeness (QED) is 0.909. The van der Waals surface area contributed by atoms with Crippen LogP contribution in [0.1, 0.15) is 5.56 Å². The van der Waals surface area contributed by atoms with Crippen molar-refractivity contribution in [2.45, 2.75) is 0 Å². The summed E-state index contributed by atoms with van der Waals surface area (Å²) in [6.45, 7) is 0. The molecule has 0 aliphatic rings. The predicted molar refractivity (Wildman–Crippen MR) is 73.7 cm³/mol. The zero-order chi connectivity index (χ0) is 13.8. The van der Waals surface area contributed by atoms with Crippen LogP contribution in [0.4, 0.5) is 21.8 Å². The van der Waals surface area contributed by atoms with Crippen molar-refractivity contribution in [3.05, 3.63) is 40.2 Å². The zero-order valence-electron chi connectivity index (χ0n) is 9.91. The van der Waals surface area contributed by atoms with Crippen molar-refractivity contribution >= 4 is 33.4 Å². The summed E-state index contributed by atoms with van der Waals surface area (Å²) in [5.74, 6) is -0.288. The van der Waals surface area contributed by atoms with Crippen LogP contribution in [-0.2, 0) is 0 Å². The van der Waals surface area contributed by atoms with Gasteiger partial charge in [0, 0.05) is 11.5 Å². The van der Waals surface area contributed by atoms with Gasteiger partial charge in [-0.25, -0.2) is 9.37 Å². The second kappa shape index (κ2) is 5.63. The lowest BCUT2D eigenvalue weighted by atomic mass is 10.2. The van der Waals surface area contributed by atoms with Crippen molar-refractivity contribution in [1.82, 2.24) is 9.97 Å². The molecule has 0 atom stereocenters. The van der Waals surface area contributed by atoms with Gasteiger partial charge in [-0.1, -0.05) is 15.9 Å². The van der Waals surface area contributed by atoms with Crippen molar-refractivity contribution in [1.29, 1.82) is 5.26 Å². The van der Waals surface area contributed by atoms with Crippen LogP contribution in [0.3, 0.4) is 0 Å². The Balaban J connectivity index is 2.39. The second-order valence-electron chi connectivity index (χ2n) is 3.57. The van der Waals surface area contributed by atoms with Crippen LogP contribution in [0.2, 0.25) is 0 Å². The normalized spacial score (nSPS) is 9.79. The second-order valence-corrected chi connectivity index (χ2v) is 4.48. The van der Waals surface area contributed by atoms with Gasteiger partial charge in [0.2, 0.25) is 5.95 Å². The lowest BCUT2D eigenvalue weighted by Crippen LogP contribution is -2.03. The molecule has 19 heavy (non-hydrogen) atoms. The van der Waals surface area contributed by atoms with E-state index < -0.39 is 5.82 Å². The van der Waals surface area contributed by atoms with Crippen LogP contribution in [0.25, 0.3) is 0 Å². The number of aromatic nitrogens is 2. The Morgan fingerprint density at radius 2 is 2.21 bits per heavy atom. The van der Waals surface area contributed by atoms with Crippen molar-refractivity contribution in [2.24, 2.45) is 0 Å². The molecule has 7 heteroatoms. The van der Waals surface area contributed by atoms with Gasteiger partial charge in [-0.2, -0.15) is 10.2 Å². The maximum absolute atomic E-state index is 13.6. The van der Waals surface area contributed by atoms with E-state index in [1.807, 2.05) is 6.07 Å². The third kappa shape index (κ3) is 2.98. The van der Waals surface area contributed by atoms with Crippen LogP contribution < -0.4 is 10.6 Å². The number of nitriles is 1. The summed E-state index contributed by atoms with van der Waals surface area (Å²) in [4.78, 5) is 7.70. The molecule has 0 amide bonds. The van der Waals surface area contributed by atoms with Crippen LogP contribution >= 0.6 is 15.9 Å². The highest BCUT2D eigenvalue weighted by Gasteiger charge is 2.09. The molecule has 0 fully saturated rings. The smallest absolute Gasteiger partial charge is 0.224 e. The first kappa shape index (κ1) is 13.2. The molecule has 1 heterocycles. The van der Waals surface area contributed by atoms with Gasteiger partial charge in [0.1, 0.15) is 6.07 Å². The van der Waals surface area contributed by atoms with Crippen molar-refractivity contribution in [3.63, 3.8) is 0 Å². The van der Waals surface area contributed by atoms with E-state index in [4.69, 9.17) is 5.26 Å². The molecular formula is C12H9BrFN5. The van der Waals surface area contributed by atoms with Crippen LogP contribution in [0.5, 0.6) is 0 Å². The molecule has 0 radical (unpaired) electrons. The highest BCUT2D eigenvalue weighted by atomic mass is 79.9. The third-order valence-corrected chi connectivity index (χ3v) is 2.82. The fourth-order valence-electron chi connectivity index (χ4n) is 1.42. The van der Waals surface area contributed by atoms with E-state index >= 15 is 0 Å². The number of hydrogen-bond acceptors (Lipinski definition) is 5. The van der Waals surface area contributed by atoms with E-state index in [1.165, 1.54) is 0 Å². The first-order valence-corrected chi connectivity index (χ1v) is 6.10. The van der Waals surface area contributed by atoms with Crippen molar-refractivity contribution in [2.75, 3.05) is 17.7 Å². The van der Waals surface area contributed by atoms with Crippen molar-refractivity contribution < 1.29 is 4.39 Å². The molecule has 1 aromatic carbocycles. The summed E-state index contributed by atoms with van der Waals surface area (Å²) in [5.41, 5.74) is 0.865. The van der Waals surface area contributed by atoms with Gasteiger partial charge in [-0.3, -0.25) is 0 Å². The summed E-state index contributed by atoms with van der Waals surface area (Å²) in [7, 11) is 1.64. The fraction of sp³-hybridized carbons (Fsp3) is 0.0833. The minimum absolute atomic E-state index is 0.0122. The van der Waals surface area contributed by atoms with E-state index in [1.54, 1.807) is 25.2 Å². The number of benzene rings is 1. The van der Waals surface area contributed by atoms with Crippen LogP contribution in [0, 0.1) is 17.1 Å². The van der Waals surface area contributed by atoms with Crippen LogP contribution in [0.15, 0.2) is 28.9 Å². The van der Waals surface area contributed by atoms with Gasteiger partial charge >= 0.3 is 0 Å². The molecule has 0 saturated carbocycles. The molecule has 1 aromatic heterocycles. The van der Waals surface area contributed by atoms with E-state index in [2.05, 4.69) is 36.5 Å². The minimum Gasteiger partial charge on any atom is -0.357 e. The van der Waals surface area contributed by atoms with Gasteiger partial charge < -0.3 is 10.6 Å². The number of nitrogens with one attached hydrogen (secondary N) is 2. The van der Waals surface area contributed by atoms with Gasteiger partial charge in [0.25, 0.3) is 0 Å². The summed E-state index contributed by atoms with van der Waals surface area (Å²) in [6.07, 6.45) is 1.06. The topological polar surface area (TPSA) is 73.6 Å². The average Bonchev–Trinajstić information content (AvgIpc) is 2.43. The Morgan fingerprint density at radius 1 is 1.42 bits per heavy atom. The van der Waals surface area contributed by atoms with Gasteiger partial charge in [0.05, 0.1) is 17.4 Å². The molecule has 0 aliphatic heterocycles. The zero-order valence-corrected chi connectivity index (χ0v) is 11.5. The fourth-order valence-corrected chi connectivity index (χ4v) is 1.78. The molecule has 2 N–H and O–H groups in total. The Hall–Kier alpha value is -2.20. The molecule has 0 spiro atoms. The Bertz CT molecular complexity index is 653. The first-order chi connectivity index (χ1) is 9.13. The maximum atomic E-state index is 13.6. The molecule has 5 nitrogen and oxygen atoms in total. The van der Waals surface area contributed by atoms with Gasteiger partial charge in [-0.05, 0) is 18.2 Å². The number of nitrogens with zero attached hydrogens (tertiary/aromatic N) is 3. The monoisotopic (exact) mass is 321 g/mol. The highest BCUT2D eigenvalue weighted by Crippen LogP contribution is 2.24. The van der Waals surface area contributed by atoms with Gasteiger partial charge in [0.15, 0.2) is 11.6 Å². The van der Waals surface area contributed by atoms with Crippen molar-refractivity contribution in [3.8, 4) is 6.07 Å². The Labute approximate surface area is 117 Å². The van der Waals surface area contributed by atoms with E-state index in [9.17, 15) is 4.39 Å². The number of rotatable bonds is 3. The lowest BCUT2D eigenvalue weighted by molar-refractivity contribution is 0.619. The SMILES string of the molecule is CNc1ncc(F)c(Nc2ccc(Br)cc2C#N)n1. The lowest BCUT2D eigenvalue weighted by Gasteiger charge is -2.09. The molecule has 0 aliphatic carbocycles. The standard InChI is InChI=1S/C12H9BrFN5/c1-16-12-17-6-9(14)11(19-12)18-10-3-2-8(13)4-7(10)5-15/h2-4,6H,1H3,(H2,16,17,18,19).